The van der Waals surface area contributed by atoms with Gasteiger partial charge in [0.2, 0.25) is 0 Å². The van der Waals surface area contributed by atoms with Gasteiger partial charge in [-0.2, -0.15) is 0 Å². The van der Waals surface area contributed by atoms with E-state index in [-0.39, 0.29) is 5.78 Å². The summed E-state index contributed by atoms with van der Waals surface area (Å²) in [6.45, 7) is 1.50. The normalized spacial score (nSPS) is 11.0. The van der Waals surface area contributed by atoms with Gasteiger partial charge >= 0.3 is 0 Å². The van der Waals surface area contributed by atoms with Crippen molar-refractivity contribution in [3.8, 4) is 11.5 Å². The van der Waals surface area contributed by atoms with Crippen LogP contribution in [0.25, 0.3) is 5.76 Å². The number of carbonyl (C=O) groups is 1. The Labute approximate surface area is 118 Å². The Balaban J connectivity index is 2.26. The Morgan fingerprint density at radius 3 is 2.10 bits per heavy atom. The molecule has 3 heteroatoms. The van der Waals surface area contributed by atoms with Crippen LogP contribution in [0.2, 0.25) is 0 Å². The molecule has 2 aromatic rings. The van der Waals surface area contributed by atoms with Crippen LogP contribution in [0.1, 0.15) is 12.5 Å². The quantitative estimate of drug-likeness (QED) is 0.612. The van der Waals surface area contributed by atoms with Gasteiger partial charge in [0.25, 0.3) is 0 Å². The van der Waals surface area contributed by atoms with E-state index in [1.165, 1.54) is 13.0 Å². The van der Waals surface area contributed by atoms with Crippen molar-refractivity contribution in [2.75, 3.05) is 7.11 Å². The third kappa shape index (κ3) is 3.72. The molecule has 3 nitrogen and oxygen atoms in total. The number of allylic oxidation sites excluding steroid dienone is 1. The summed E-state index contributed by atoms with van der Waals surface area (Å²) in [6, 6.07) is 16.8. The van der Waals surface area contributed by atoms with Crippen molar-refractivity contribution in [3.05, 3.63) is 66.2 Å². The summed E-state index contributed by atoms with van der Waals surface area (Å²) in [5, 5.41) is 0. The van der Waals surface area contributed by atoms with Crippen molar-refractivity contribution in [2.24, 2.45) is 0 Å². The summed E-state index contributed by atoms with van der Waals surface area (Å²) in [6.07, 6.45) is 1.49. The molecular weight excluding hydrogens is 252 g/mol. The fraction of sp³-hybridized carbons (Fsp3) is 0.118. The van der Waals surface area contributed by atoms with Gasteiger partial charge in [0.15, 0.2) is 5.78 Å². The zero-order valence-electron chi connectivity index (χ0n) is 11.5. The summed E-state index contributed by atoms with van der Waals surface area (Å²) < 4.78 is 10.9. The molecule has 0 aromatic heterocycles. The van der Waals surface area contributed by atoms with E-state index >= 15 is 0 Å². The first-order valence-corrected chi connectivity index (χ1v) is 6.28. The molecule has 2 aromatic carbocycles. The van der Waals surface area contributed by atoms with Crippen molar-refractivity contribution < 1.29 is 14.3 Å². The van der Waals surface area contributed by atoms with E-state index in [2.05, 4.69) is 0 Å². The van der Waals surface area contributed by atoms with E-state index in [1.54, 1.807) is 19.2 Å². The molecule has 0 amide bonds. The lowest BCUT2D eigenvalue weighted by Gasteiger charge is -2.10. The summed E-state index contributed by atoms with van der Waals surface area (Å²) in [5.74, 6) is 1.89. The number of benzene rings is 2. The average molecular weight is 268 g/mol. The van der Waals surface area contributed by atoms with Crippen molar-refractivity contribution in [2.45, 2.75) is 6.92 Å². The highest BCUT2D eigenvalue weighted by Gasteiger charge is 2.06. The monoisotopic (exact) mass is 268 g/mol. The molecule has 0 fully saturated rings. The molecule has 0 radical (unpaired) electrons. The van der Waals surface area contributed by atoms with Crippen LogP contribution >= 0.6 is 0 Å². The Bertz CT molecular complexity index is 598. The van der Waals surface area contributed by atoms with Crippen molar-refractivity contribution in [3.63, 3.8) is 0 Å². The van der Waals surface area contributed by atoms with Crippen LogP contribution in [0.4, 0.5) is 0 Å². The molecule has 0 aliphatic rings. The van der Waals surface area contributed by atoms with Gasteiger partial charge < -0.3 is 9.47 Å². The van der Waals surface area contributed by atoms with Gasteiger partial charge in [-0.05, 0) is 31.2 Å². The van der Waals surface area contributed by atoms with Crippen LogP contribution in [0.3, 0.4) is 0 Å². The van der Waals surface area contributed by atoms with Gasteiger partial charge in [0.05, 0.1) is 7.11 Å². The molecule has 0 aliphatic carbocycles. The second-order valence-electron chi connectivity index (χ2n) is 4.26. The fourth-order valence-electron chi connectivity index (χ4n) is 1.73. The van der Waals surface area contributed by atoms with Gasteiger partial charge in [-0.25, -0.2) is 0 Å². The summed E-state index contributed by atoms with van der Waals surface area (Å²) in [4.78, 5) is 11.3. The topological polar surface area (TPSA) is 35.5 Å². The van der Waals surface area contributed by atoms with Crippen molar-refractivity contribution in [1.29, 1.82) is 0 Å². The van der Waals surface area contributed by atoms with Gasteiger partial charge in [-0.15, -0.1) is 0 Å². The van der Waals surface area contributed by atoms with Crippen molar-refractivity contribution in [1.82, 2.24) is 0 Å². The lowest BCUT2D eigenvalue weighted by atomic mass is 10.1. The van der Waals surface area contributed by atoms with E-state index in [1.807, 2.05) is 42.5 Å². The number of methoxy groups -OCH3 is 1. The van der Waals surface area contributed by atoms with Crippen LogP contribution in [0.15, 0.2) is 60.7 Å². The maximum absolute atomic E-state index is 11.3. The lowest BCUT2D eigenvalue weighted by molar-refractivity contribution is -0.112. The van der Waals surface area contributed by atoms with E-state index in [9.17, 15) is 4.79 Å². The first-order valence-electron chi connectivity index (χ1n) is 6.28. The predicted molar refractivity (Wildman–Crippen MR) is 78.7 cm³/mol. The zero-order chi connectivity index (χ0) is 14.4. The minimum atomic E-state index is -0.0580. The van der Waals surface area contributed by atoms with E-state index in [0.29, 0.717) is 11.5 Å². The molecule has 0 aliphatic heterocycles. The van der Waals surface area contributed by atoms with Crippen LogP contribution in [0.5, 0.6) is 11.5 Å². The second kappa shape index (κ2) is 6.57. The first kappa shape index (κ1) is 13.9. The largest absolute Gasteiger partial charge is 0.497 e. The number of carbonyl (C=O) groups excluding carboxylic acids is 1. The first-order chi connectivity index (χ1) is 9.69. The Kier molecular flexibility index (Phi) is 4.56. The SMILES string of the molecule is COc1ccc(O/C(=C/C(C)=O)c2ccccc2)cc1. The molecule has 0 bridgehead atoms. The van der Waals surface area contributed by atoms with Gasteiger partial charge in [0.1, 0.15) is 17.3 Å². The molecule has 20 heavy (non-hydrogen) atoms. The number of hydrogen-bond acceptors (Lipinski definition) is 3. The van der Waals surface area contributed by atoms with Crippen LogP contribution in [-0.4, -0.2) is 12.9 Å². The Morgan fingerprint density at radius 2 is 1.55 bits per heavy atom. The maximum atomic E-state index is 11.3. The molecule has 0 N–H and O–H groups in total. The highest BCUT2D eigenvalue weighted by Crippen LogP contribution is 2.23. The average Bonchev–Trinajstić information content (AvgIpc) is 2.48. The highest BCUT2D eigenvalue weighted by atomic mass is 16.5. The molecule has 0 atom stereocenters. The number of rotatable bonds is 5. The van der Waals surface area contributed by atoms with Crippen LogP contribution in [0, 0.1) is 0 Å². The minimum Gasteiger partial charge on any atom is -0.497 e. The summed E-state index contributed by atoms with van der Waals surface area (Å²) >= 11 is 0. The zero-order valence-corrected chi connectivity index (χ0v) is 11.5. The summed E-state index contributed by atoms with van der Waals surface area (Å²) in [5.41, 5.74) is 0.860. The summed E-state index contributed by atoms with van der Waals surface area (Å²) in [7, 11) is 1.61. The van der Waals surface area contributed by atoms with E-state index < -0.39 is 0 Å². The molecule has 2 rings (SSSR count). The minimum absolute atomic E-state index is 0.0580. The van der Waals surface area contributed by atoms with Gasteiger partial charge in [0, 0.05) is 11.6 Å². The number of ketones is 1. The molecular formula is C17H16O3. The van der Waals surface area contributed by atoms with E-state index in [4.69, 9.17) is 9.47 Å². The molecule has 0 spiro atoms. The third-order valence-electron chi connectivity index (χ3n) is 2.68. The van der Waals surface area contributed by atoms with Crippen LogP contribution in [-0.2, 0) is 4.79 Å². The molecule has 0 saturated heterocycles. The Hall–Kier alpha value is -2.55. The van der Waals surface area contributed by atoms with Gasteiger partial charge in [-0.3, -0.25) is 4.79 Å². The number of hydrogen-bond donors (Lipinski definition) is 0. The lowest BCUT2D eigenvalue weighted by Crippen LogP contribution is -1.98. The maximum Gasteiger partial charge on any atom is 0.156 e. The van der Waals surface area contributed by atoms with Crippen molar-refractivity contribution >= 4 is 11.5 Å². The smallest absolute Gasteiger partial charge is 0.156 e. The predicted octanol–water partition coefficient (Wildman–Crippen LogP) is 3.70. The third-order valence-corrected chi connectivity index (χ3v) is 2.68. The second-order valence-corrected chi connectivity index (χ2v) is 4.26. The molecule has 0 heterocycles. The van der Waals surface area contributed by atoms with Crippen LogP contribution < -0.4 is 9.47 Å². The Morgan fingerprint density at radius 1 is 0.950 bits per heavy atom. The molecule has 0 saturated carbocycles. The fourth-order valence-corrected chi connectivity index (χ4v) is 1.73. The van der Waals surface area contributed by atoms with E-state index in [0.717, 1.165) is 11.3 Å². The highest BCUT2D eigenvalue weighted by molar-refractivity contribution is 5.94. The van der Waals surface area contributed by atoms with Gasteiger partial charge in [-0.1, -0.05) is 30.3 Å². The molecule has 0 unspecified atom stereocenters. The number of ether oxygens (including phenoxy) is 2. The standard InChI is InChI=1S/C17H16O3/c1-13(18)12-17(14-6-4-3-5-7-14)20-16-10-8-15(19-2)9-11-16/h3-12H,1-2H3/b17-12+. The molecule has 102 valence electrons.